The molecule has 1 atom stereocenters. The molecule has 1 aromatic heterocycles. The first-order valence-electron chi connectivity index (χ1n) is 7.86. The standard InChI is InChI=1S/C18H21N3OS.ClH/c1-13-8-9-16(18(22)21-11-10-19-14(2)12-21)17(20-13)23-15-6-4-3-5-7-15;/h3-9,14,19H,10-12H2,1-2H3;1H/t14-;/m1./s1. The Morgan fingerprint density at radius 2 is 2.00 bits per heavy atom. The molecule has 0 radical (unpaired) electrons. The maximum Gasteiger partial charge on any atom is 0.256 e. The van der Waals surface area contributed by atoms with Crippen LogP contribution in [0.15, 0.2) is 52.4 Å². The van der Waals surface area contributed by atoms with E-state index in [9.17, 15) is 4.79 Å². The van der Waals surface area contributed by atoms with Crippen molar-refractivity contribution in [3.8, 4) is 0 Å². The molecule has 1 fully saturated rings. The van der Waals surface area contributed by atoms with Gasteiger partial charge in [-0.15, -0.1) is 12.4 Å². The Kier molecular flexibility index (Phi) is 6.66. The molecule has 0 spiro atoms. The third-order valence-electron chi connectivity index (χ3n) is 3.84. The lowest BCUT2D eigenvalue weighted by Crippen LogP contribution is -2.51. The minimum absolute atomic E-state index is 0. The highest BCUT2D eigenvalue weighted by Gasteiger charge is 2.24. The molecule has 0 saturated carbocycles. The Morgan fingerprint density at radius 3 is 2.71 bits per heavy atom. The number of carbonyl (C=O) groups excluding carboxylic acids is 1. The Balaban J connectivity index is 0.00000208. The van der Waals surface area contributed by atoms with E-state index in [1.807, 2.05) is 54.3 Å². The first-order valence-corrected chi connectivity index (χ1v) is 8.68. The zero-order valence-electron chi connectivity index (χ0n) is 13.9. The van der Waals surface area contributed by atoms with E-state index in [1.54, 1.807) is 11.8 Å². The van der Waals surface area contributed by atoms with E-state index < -0.39 is 0 Å². The number of piperazine rings is 1. The van der Waals surface area contributed by atoms with Gasteiger partial charge in [0.1, 0.15) is 5.03 Å². The van der Waals surface area contributed by atoms with Crippen molar-refractivity contribution in [3.05, 3.63) is 53.7 Å². The number of hydrogen-bond acceptors (Lipinski definition) is 4. The number of amides is 1. The lowest BCUT2D eigenvalue weighted by atomic mass is 10.2. The third kappa shape index (κ3) is 4.50. The second kappa shape index (κ2) is 8.51. The summed E-state index contributed by atoms with van der Waals surface area (Å²) in [5.74, 6) is 0.0734. The molecule has 128 valence electrons. The summed E-state index contributed by atoms with van der Waals surface area (Å²) in [7, 11) is 0. The molecule has 6 heteroatoms. The third-order valence-corrected chi connectivity index (χ3v) is 4.86. The van der Waals surface area contributed by atoms with Crippen LogP contribution in [0.25, 0.3) is 0 Å². The van der Waals surface area contributed by atoms with Gasteiger partial charge in [0, 0.05) is 36.3 Å². The van der Waals surface area contributed by atoms with Gasteiger partial charge in [-0.25, -0.2) is 4.98 Å². The molecule has 1 amide bonds. The van der Waals surface area contributed by atoms with Crippen molar-refractivity contribution in [2.75, 3.05) is 19.6 Å². The fourth-order valence-electron chi connectivity index (χ4n) is 2.66. The first kappa shape index (κ1) is 18.8. The number of nitrogens with one attached hydrogen (secondary N) is 1. The van der Waals surface area contributed by atoms with Gasteiger partial charge < -0.3 is 10.2 Å². The molecule has 24 heavy (non-hydrogen) atoms. The summed E-state index contributed by atoms with van der Waals surface area (Å²) in [6.07, 6.45) is 0. The van der Waals surface area contributed by atoms with Crippen molar-refractivity contribution in [1.82, 2.24) is 15.2 Å². The topological polar surface area (TPSA) is 45.2 Å². The molecule has 0 unspecified atom stereocenters. The summed E-state index contributed by atoms with van der Waals surface area (Å²) >= 11 is 1.55. The lowest BCUT2D eigenvalue weighted by molar-refractivity contribution is 0.0704. The smallest absolute Gasteiger partial charge is 0.256 e. The van der Waals surface area contributed by atoms with Gasteiger partial charge in [0.15, 0.2) is 0 Å². The van der Waals surface area contributed by atoms with Crippen molar-refractivity contribution in [2.24, 2.45) is 0 Å². The van der Waals surface area contributed by atoms with E-state index >= 15 is 0 Å². The Morgan fingerprint density at radius 1 is 1.25 bits per heavy atom. The summed E-state index contributed by atoms with van der Waals surface area (Å²) in [5, 5.41) is 4.15. The van der Waals surface area contributed by atoms with Gasteiger partial charge in [-0.1, -0.05) is 30.0 Å². The summed E-state index contributed by atoms with van der Waals surface area (Å²) in [4.78, 5) is 20.5. The number of aromatic nitrogens is 1. The summed E-state index contributed by atoms with van der Waals surface area (Å²) in [6, 6.07) is 14.2. The van der Waals surface area contributed by atoms with E-state index in [0.717, 1.165) is 35.2 Å². The second-order valence-electron chi connectivity index (χ2n) is 5.83. The molecule has 2 aromatic rings. The van der Waals surface area contributed by atoms with Crippen LogP contribution < -0.4 is 5.32 Å². The maximum absolute atomic E-state index is 12.9. The maximum atomic E-state index is 12.9. The van der Waals surface area contributed by atoms with Gasteiger partial charge in [0.25, 0.3) is 5.91 Å². The molecule has 0 bridgehead atoms. The van der Waals surface area contributed by atoms with Crippen LogP contribution in [-0.4, -0.2) is 41.5 Å². The highest BCUT2D eigenvalue weighted by atomic mass is 35.5. The predicted molar refractivity (Wildman–Crippen MR) is 100 cm³/mol. The van der Waals surface area contributed by atoms with Crippen LogP contribution in [0.2, 0.25) is 0 Å². The van der Waals surface area contributed by atoms with Crippen molar-refractivity contribution in [1.29, 1.82) is 0 Å². The first-order chi connectivity index (χ1) is 11.1. The number of benzene rings is 1. The van der Waals surface area contributed by atoms with Crippen LogP contribution >= 0.6 is 24.2 Å². The molecule has 1 N–H and O–H groups in total. The SMILES string of the molecule is Cc1ccc(C(=O)N2CCN[C@H](C)C2)c(Sc2ccccc2)n1.Cl. The van der Waals surface area contributed by atoms with E-state index in [1.165, 1.54) is 0 Å². The summed E-state index contributed by atoms with van der Waals surface area (Å²) < 4.78 is 0. The zero-order chi connectivity index (χ0) is 16.2. The number of halogens is 1. The highest BCUT2D eigenvalue weighted by Crippen LogP contribution is 2.29. The normalized spacial score (nSPS) is 17.2. The van der Waals surface area contributed by atoms with Crippen LogP contribution in [0, 0.1) is 6.92 Å². The van der Waals surface area contributed by atoms with E-state index in [4.69, 9.17) is 0 Å². The number of pyridine rings is 1. The summed E-state index contributed by atoms with van der Waals surface area (Å²) in [5.41, 5.74) is 1.62. The molecular weight excluding hydrogens is 342 g/mol. The molecule has 4 nitrogen and oxygen atoms in total. The molecule has 1 aromatic carbocycles. The van der Waals surface area contributed by atoms with E-state index in [2.05, 4.69) is 17.2 Å². The minimum atomic E-state index is 0. The van der Waals surface area contributed by atoms with E-state index in [-0.39, 0.29) is 18.3 Å². The van der Waals surface area contributed by atoms with Gasteiger partial charge in [-0.3, -0.25) is 4.79 Å². The van der Waals surface area contributed by atoms with Crippen LogP contribution in [0.1, 0.15) is 23.0 Å². The molecule has 0 aliphatic carbocycles. The number of nitrogens with zero attached hydrogens (tertiary/aromatic N) is 2. The summed E-state index contributed by atoms with van der Waals surface area (Å²) in [6.45, 7) is 6.38. The van der Waals surface area contributed by atoms with E-state index in [0.29, 0.717) is 11.6 Å². The van der Waals surface area contributed by atoms with Gasteiger partial charge in [-0.05, 0) is 38.1 Å². The fourth-order valence-corrected chi connectivity index (χ4v) is 3.63. The van der Waals surface area contributed by atoms with Crippen molar-refractivity contribution >= 4 is 30.1 Å². The molecular formula is C18H22ClN3OS. The Hall–Kier alpha value is -1.56. The van der Waals surface area contributed by atoms with Gasteiger partial charge in [0.2, 0.25) is 0 Å². The van der Waals surface area contributed by atoms with Crippen LogP contribution in [0.3, 0.4) is 0 Å². The number of carbonyl (C=O) groups is 1. The average Bonchev–Trinajstić information content (AvgIpc) is 2.55. The Labute approximate surface area is 153 Å². The van der Waals surface area contributed by atoms with Gasteiger partial charge in [-0.2, -0.15) is 0 Å². The fraction of sp³-hybridized carbons (Fsp3) is 0.333. The second-order valence-corrected chi connectivity index (χ2v) is 6.89. The molecule has 3 rings (SSSR count). The zero-order valence-corrected chi connectivity index (χ0v) is 15.5. The van der Waals surface area contributed by atoms with Crippen molar-refractivity contribution < 1.29 is 4.79 Å². The molecule has 1 aliphatic heterocycles. The number of hydrogen-bond donors (Lipinski definition) is 1. The van der Waals surface area contributed by atoms with Crippen LogP contribution in [-0.2, 0) is 0 Å². The predicted octanol–water partition coefficient (Wildman–Crippen LogP) is 3.40. The van der Waals surface area contributed by atoms with Crippen molar-refractivity contribution in [3.63, 3.8) is 0 Å². The highest BCUT2D eigenvalue weighted by molar-refractivity contribution is 7.99. The monoisotopic (exact) mass is 363 g/mol. The van der Waals surface area contributed by atoms with Gasteiger partial charge in [0.05, 0.1) is 5.56 Å². The number of rotatable bonds is 3. The Bertz CT molecular complexity index is 696. The largest absolute Gasteiger partial charge is 0.336 e. The van der Waals surface area contributed by atoms with Crippen LogP contribution in [0.5, 0.6) is 0 Å². The average molecular weight is 364 g/mol. The number of aryl methyl sites for hydroxylation is 1. The lowest BCUT2D eigenvalue weighted by Gasteiger charge is -2.32. The minimum Gasteiger partial charge on any atom is -0.336 e. The quantitative estimate of drug-likeness (QED) is 0.907. The van der Waals surface area contributed by atoms with Gasteiger partial charge >= 0.3 is 0 Å². The van der Waals surface area contributed by atoms with Crippen LogP contribution in [0.4, 0.5) is 0 Å². The molecule has 1 saturated heterocycles. The molecule has 1 aliphatic rings. The van der Waals surface area contributed by atoms with Crippen molar-refractivity contribution in [2.45, 2.75) is 29.8 Å². The molecule has 2 heterocycles.